The van der Waals surface area contributed by atoms with E-state index in [0.29, 0.717) is 22.1 Å². The summed E-state index contributed by atoms with van der Waals surface area (Å²) in [7, 11) is 2.95. The Morgan fingerprint density at radius 2 is 1.43 bits per heavy atom. The Morgan fingerprint density at radius 1 is 0.905 bits per heavy atom. The zero-order valence-electron chi connectivity index (χ0n) is 11.3. The van der Waals surface area contributed by atoms with Crippen molar-refractivity contribution in [3.8, 4) is 11.5 Å². The lowest BCUT2D eigenvalue weighted by molar-refractivity contribution is 0.354. The second kappa shape index (κ2) is 6.50. The summed E-state index contributed by atoms with van der Waals surface area (Å²) in [6.07, 6.45) is 0. The SMILES string of the molecule is COc1cc(Cl)c(C(Cl)c2cc(F)cc(F)c2)cc1OC. The second-order valence-electron chi connectivity index (χ2n) is 4.29. The number of ether oxygens (including phenoxy) is 2. The number of halogens is 4. The van der Waals surface area contributed by atoms with Crippen LogP contribution in [-0.4, -0.2) is 14.2 Å². The Kier molecular flexibility index (Phi) is 4.91. The minimum atomic E-state index is -0.817. The van der Waals surface area contributed by atoms with Crippen LogP contribution in [0, 0.1) is 11.6 Å². The van der Waals surface area contributed by atoms with Crippen molar-refractivity contribution in [2.24, 2.45) is 0 Å². The summed E-state index contributed by atoms with van der Waals surface area (Å²) in [5, 5.41) is -0.500. The van der Waals surface area contributed by atoms with E-state index in [1.807, 2.05) is 0 Å². The smallest absolute Gasteiger partial charge is 0.162 e. The van der Waals surface area contributed by atoms with Gasteiger partial charge in [-0.15, -0.1) is 11.6 Å². The van der Waals surface area contributed by atoms with Crippen molar-refractivity contribution >= 4 is 23.2 Å². The molecule has 0 saturated carbocycles. The first-order valence-corrected chi connectivity index (χ1v) is 6.79. The predicted molar refractivity (Wildman–Crippen MR) is 78.6 cm³/mol. The van der Waals surface area contributed by atoms with E-state index in [4.69, 9.17) is 32.7 Å². The molecule has 0 aliphatic rings. The number of benzene rings is 2. The topological polar surface area (TPSA) is 18.5 Å². The molecular formula is C15H12Cl2F2O2. The molecule has 2 nitrogen and oxygen atoms in total. The second-order valence-corrected chi connectivity index (χ2v) is 5.14. The molecule has 2 rings (SSSR count). The average molecular weight is 333 g/mol. The third-order valence-corrected chi connectivity index (χ3v) is 3.77. The molecule has 0 aromatic heterocycles. The summed E-state index contributed by atoms with van der Waals surface area (Å²) in [5.41, 5.74) is 0.740. The predicted octanol–water partition coefficient (Wildman–Crippen LogP) is 4.96. The molecule has 0 bridgehead atoms. The molecule has 0 radical (unpaired) electrons. The summed E-state index contributed by atoms with van der Waals surface area (Å²) in [6.45, 7) is 0. The van der Waals surface area contributed by atoms with Crippen LogP contribution in [0.4, 0.5) is 8.78 Å². The van der Waals surface area contributed by atoms with Crippen LogP contribution in [-0.2, 0) is 0 Å². The summed E-state index contributed by atoms with van der Waals surface area (Å²) in [6, 6.07) is 6.23. The Bertz CT molecular complexity index is 642. The van der Waals surface area contributed by atoms with Gasteiger partial charge in [0.15, 0.2) is 11.5 Å². The van der Waals surface area contributed by atoms with E-state index in [0.717, 1.165) is 18.2 Å². The van der Waals surface area contributed by atoms with Crippen LogP contribution in [0.25, 0.3) is 0 Å². The molecule has 0 heterocycles. The van der Waals surface area contributed by atoms with Gasteiger partial charge in [0.1, 0.15) is 11.6 Å². The largest absolute Gasteiger partial charge is 0.493 e. The van der Waals surface area contributed by atoms with Gasteiger partial charge in [0.25, 0.3) is 0 Å². The van der Waals surface area contributed by atoms with Crippen molar-refractivity contribution in [3.63, 3.8) is 0 Å². The number of rotatable bonds is 4. The summed E-state index contributed by atoms with van der Waals surface area (Å²) in [5.74, 6) is -0.528. The maximum atomic E-state index is 13.3. The zero-order chi connectivity index (χ0) is 15.6. The van der Waals surface area contributed by atoms with E-state index in [1.165, 1.54) is 14.2 Å². The van der Waals surface area contributed by atoms with Gasteiger partial charge in [-0.05, 0) is 29.3 Å². The average Bonchev–Trinajstić information content (AvgIpc) is 2.45. The lowest BCUT2D eigenvalue weighted by atomic mass is 10.0. The van der Waals surface area contributed by atoms with Crippen LogP contribution < -0.4 is 9.47 Å². The number of alkyl halides is 1. The summed E-state index contributed by atoms with van der Waals surface area (Å²) >= 11 is 12.4. The summed E-state index contributed by atoms with van der Waals surface area (Å²) in [4.78, 5) is 0. The van der Waals surface area contributed by atoms with E-state index in [-0.39, 0.29) is 5.56 Å². The monoisotopic (exact) mass is 332 g/mol. The maximum Gasteiger partial charge on any atom is 0.162 e. The molecular weight excluding hydrogens is 321 g/mol. The van der Waals surface area contributed by atoms with Crippen LogP contribution in [0.2, 0.25) is 5.02 Å². The Labute approximate surface area is 131 Å². The minimum Gasteiger partial charge on any atom is -0.493 e. The third kappa shape index (κ3) is 3.39. The number of hydrogen-bond donors (Lipinski definition) is 0. The van der Waals surface area contributed by atoms with Crippen molar-refractivity contribution in [2.75, 3.05) is 14.2 Å². The standard InChI is InChI=1S/C15H12Cl2F2O2/c1-20-13-6-11(12(16)7-14(13)21-2)15(17)8-3-9(18)5-10(19)4-8/h3-7,15H,1-2H3. The van der Waals surface area contributed by atoms with Crippen molar-refractivity contribution in [2.45, 2.75) is 5.38 Å². The van der Waals surface area contributed by atoms with Crippen molar-refractivity contribution < 1.29 is 18.3 Å². The van der Waals surface area contributed by atoms with E-state index in [2.05, 4.69) is 0 Å². The lowest BCUT2D eigenvalue weighted by Crippen LogP contribution is -1.99. The highest BCUT2D eigenvalue weighted by Gasteiger charge is 2.19. The van der Waals surface area contributed by atoms with E-state index < -0.39 is 17.0 Å². The molecule has 6 heteroatoms. The lowest BCUT2D eigenvalue weighted by Gasteiger charge is -2.16. The summed E-state index contributed by atoms with van der Waals surface area (Å²) < 4.78 is 36.9. The van der Waals surface area contributed by atoms with E-state index >= 15 is 0 Å². The molecule has 112 valence electrons. The van der Waals surface area contributed by atoms with Crippen molar-refractivity contribution in [3.05, 3.63) is 58.1 Å². The number of methoxy groups -OCH3 is 2. The molecule has 21 heavy (non-hydrogen) atoms. The van der Waals surface area contributed by atoms with Gasteiger partial charge in [-0.25, -0.2) is 8.78 Å². The highest BCUT2D eigenvalue weighted by molar-refractivity contribution is 6.33. The molecule has 0 amide bonds. The van der Waals surface area contributed by atoms with Gasteiger partial charge >= 0.3 is 0 Å². The maximum absolute atomic E-state index is 13.3. The molecule has 0 aliphatic carbocycles. The van der Waals surface area contributed by atoms with Gasteiger partial charge in [-0.1, -0.05) is 11.6 Å². The first-order chi connectivity index (χ1) is 9.96. The fourth-order valence-corrected chi connectivity index (χ4v) is 2.59. The molecule has 1 unspecified atom stereocenters. The molecule has 1 atom stereocenters. The van der Waals surface area contributed by atoms with E-state index in [1.54, 1.807) is 12.1 Å². The molecule has 0 saturated heterocycles. The molecule has 0 fully saturated rings. The first kappa shape index (κ1) is 15.9. The van der Waals surface area contributed by atoms with Crippen LogP contribution in [0.15, 0.2) is 30.3 Å². The molecule has 0 aliphatic heterocycles. The minimum absolute atomic E-state index is 0.267. The van der Waals surface area contributed by atoms with Gasteiger partial charge in [0.05, 0.1) is 19.6 Å². The first-order valence-electron chi connectivity index (χ1n) is 5.97. The van der Waals surface area contributed by atoms with Gasteiger partial charge in [0, 0.05) is 17.2 Å². The van der Waals surface area contributed by atoms with Crippen LogP contribution in [0.5, 0.6) is 11.5 Å². The highest BCUT2D eigenvalue weighted by Crippen LogP contribution is 2.40. The van der Waals surface area contributed by atoms with Gasteiger partial charge in [0.2, 0.25) is 0 Å². The Hall–Kier alpha value is -1.52. The van der Waals surface area contributed by atoms with Crippen molar-refractivity contribution in [1.29, 1.82) is 0 Å². The van der Waals surface area contributed by atoms with E-state index in [9.17, 15) is 8.78 Å². The van der Waals surface area contributed by atoms with Crippen LogP contribution in [0.1, 0.15) is 16.5 Å². The van der Waals surface area contributed by atoms with Gasteiger partial charge in [-0.3, -0.25) is 0 Å². The van der Waals surface area contributed by atoms with Crippen molar-refractivity contribution in [1.82, 2.24) is 0 Å². The third-order valence-electron chi connectivity index (χ3n) is 2.95. The normalized spacial score (nSPS) is 12.1. The van der Waals surface area contributed by atoms with Gasteiger partial charge in [-0.2, -0.15) is 0 Å². The zero-order valence-corrected chi connectivity index (χ0v) is 12.8. The fraction of sp³-hybridized carbons (Fsp3) is 0.200. The Balaban J connectivity index is 2.49. The molecule has 2 aromatic carbocycles. The Morgan fingerprint density at radius 3 is 1.95 bits per heavy atom. The van der Waals surface area contributed by atoms with Crippen LogP contribution >= 0.6 is 23.2 Å². The number of hydrogen-bond acceptors (Lipinski definition) is 2. The quantitative estimate of drug-likeness (QED) is 0.736. The van der Waals surface area contributed by atoms with Crippen LogP contribution in [0.3, 0.4) is 0 Å². The fourth-order valence-electron chi connectivity index (χ4n) is 1.97. The molecule has 2 aromatic rings. The molecule has 0 spiro atoms. The highest BCUT2D eigenvalue weighted by atomic mass is 35.5. The van der Waals surface area contributed by atoms with Gasteiger partial charge < -0.3 is 9.47 Å². The molecule has 0 N–H and O–H groups in total.